The smallest absolute Gasteiger partial charge is 0.261 e. The first-order valence-corrected chi connectivity index (χ1v) is 9.58. The molecule has 24 heavy (non-hydrogen) atoms. The number of amides is 1. The van der Waals surface area contributed by atoms with Crippen LogP contribution in [0.3, 0.4) is 0 Å². The Hall–Kier alpha value is -1.43. The monoisotopic (exact) mass is 361 g/mol. The number of carbonyl (C=O) groups excluding carboxylic acids is 1. The number of aromatic nitrogens is 1. The van der Waals surface area contributed by atoms with Crippen LogP contribution in [0.5, 0.6) is 0 Å². The summed E-state index contributed by atoms with van der Waals surface area (Å²) in [6.07, 6.45) is 4.07. The van der Waals surface area contributed by atoms with Gasteiger partial charge in [0.2, 0.25) is 0 Å². The molecule has 1 N–H and O–H groups in total. The Morgan fingerprint density at radius 3 is 2.83 bits per heavy atom. The normalized spacial score (nSPS) is 28.8. The van der Waals surface area contributed by atoms with Gasteiger partial charge in [0, 0.05) is 23.3 Å². The van der Waals surface area contributed by atoms with Gasteiger partial charge < -0.3 is 5.32 Å². The van der Waals surface area contributed by atoms with Crippen molar-refractivity contribution in [2.75, 3.05) is 13.1 Å². The Morgan fingerprint density at radius 2 is 2.12 bits per heavy atom. The number of hydrogen-bond donors (Lipinski definition) is 1. The molecule has 2 bridgehead atoms. The van der Waals surface area contributed by atoms with Gasteiger partial charge in [0.1, 0.15) is 0 Å². The Balaban J connectivity index is 1.49. The molecule has 0 radical (unpaired) electrons. The molecule has 0 aromatic carbocycles. The Labute approximate surface area is 150 Å². The van der Waals surface area contributed by atoms with Crippen LogP contribution in [-0.2, 0) is 0 Å². The lowest BCUT2D eigenvalue weighted by Gasteiger charge is -2.49. The zero-order valence-corrected chi connectivity index (χ0v) is 15.1. The molecular weight excluding hydrogens is 342 g/mol. The van der Waals surface area contributed by atoms with Gasteiger partial charge in [-0.15, -0.1) is 11.3 Å². The second-order valence-corrected chi connectivity index (χ2v) is 8.16. The Morgan fingerprint density at radius 1 is 1.33 bits per heavy atom. The van der Waals surface area contributed by atoms with Crippen LogP contribution in [0.4, 0.5) is 0 Å². The quantitative estimate of drug-likeness (QED) is 0.907. The van der Waals surface area contributed by atoms with Crippen molar-refractivity contribution in [3.05, 3.63) is 40.4 Å². The maximum absolute atomic E-state index is 12.7. The van der Waals surface area contributed by atoms with E-state index in [1.165, 1.54) is 37.3 Å². The molecule has 5 rings (SSSR count). The number of carbonyl (C=O) groups is 1. The van der Waals surface area contributed by atoms with Crippen molar-refractivity contribution >= 4 is 28.8 Å². The van der Waals surface area contributed by atoms with Crippen LogP contribution < -0.4 is 5.32 Å². The molecule has 2 atom stereocenters. The number of pyridine rings is 1. The summed E-state index contributed by atoms with van der Waals surface area (Å²) in [5, 5.41) is 3.93. The Bertz CT molecular complexity index is 752. The van der Waals surface area contributed by atoms with Crippen molar-refractivity contribution < 1.29 is 4.79 Å². The van der Waals surface area contributed by atoms with Crippen LogP contribution in [0, 0.1) is 5.92 Å². The summed E-state index contributed by atoms with van der Waals surface area (Å²) in [7, 11) is 0. The average Bonchev–Trinajstić information content (AvgIpc) is 3.09. The lowest BCUT2D eigenvalue weighted by molar-refractivity contribution is 0.0218. The molecule has 2 aromatic heterocycles. The summed E-state index contributed by atoms with van der Waals surface area (Å²) in [6.45, 7) is 4.57. The summed E-state index contributed by atoms with van der Waals surface area (Å²) >= 11 is 7.49. The fraction of sp³-hybridized carbons (Fsp3) is 0.444. The molecule has 3 aliphatic rings. The van der Waals surface area contributed by atoms with Crippen molar-refractivity contribution in [2.45, 2.75) is 31.8 Å². The van der Waals surface area contributed by atoms with E-state index in [1.807, 2.05) is 18.2 Å². The van der Waals surface area contributed by atoms with Gasteiger partial charge >= 0.3 is 0 Å². The van der Waals surface area contributed by atoms with E-state index in [-0.39, 0.29) is 11.9 Å². The van der Waals surface area contributed by atoms with Crippen molar-refractivity contribution in [3.63, 3.8) is 0 Å². The van der Waals surface area contributed by atoms with Gasteiger partial charge in [0.15, 0.2) is 0 Å². The van der Waals surface area contributed by atoms with Crippen molar-refractivity contribution in [1.82, 2.24) is 15.2 Å². The molecule has 2 aromatic rings. The SMILES string of the molecule is C[C@@H]1[C@H](NC(=O)c2ccc(-c3cc(Cl)ccn3)s2)C2CCN1CC2. The zero-order valence-electron chi connectivity index (χ0n) is 13.5. The molecule has 3 aliphatic heterocycles. The zero-order chi connectivity index (χ0) is 16.7. The molecule has 3 saturated heterocycles. The van der Waals surface area contributed by atoms with E-state index in [4.69, 9.17) is 11.6 Å². The molecule has 0 unspecified atom stereocenters. The highest BCUT2D eigenvalue weighted by molar-refractivity contribution is 7.17. The molecule has 126 valence electrons. The van der Waals surface area contributed by atoms with Crippen LogP contribution >= 0.6 is 22.9 Å². The van der Waals surface area contributed by atoms with Gasteiger partial charge in [0.05, 0.1) is 15.4 Å². The van der Waals surface area contributed by atoms with E-state index in [1.54, 1.807) is 12.3 Å². The van der Waals surface area contributed by atoms with E-state index in [0.29, 0.717) is 17.0 Å². The van der Waals surface area contributed by atoms with Crippen LogP contribution in [0.25, 0.3) is 10.6 Å². The van der Waals surface area contributed by atoms with E-state index in [9.17, 15) is 4.79 Å². The summed E-state index contributed by atoms with van der Waals surface area (Å²) < 4.78 is 0. The minimum absolute atomic E-state index is 0.0267. The van der Waals surface area contributed by atoms with E-state index < -0.39 is 0 Å². The van der Waals surface area contributed by atoms with Gasteiger partial charge in [-0.2, -0.15) is 0 Å². The number of piperidine rings is 3. The third-order valence-electron chi connectivity index (χ3n) is 5.28. The number of nitrogens with zero attached hydrogens (tertiary/aromatic N) is 2. The Kier molecular flexibility index (Phi) is 4.33. The molecule has 3 fully saturated rings. The van der Waals surface area contributed by atoms with Gasteiger partial charge in [-0.3, -0.25) is 14.7 Å². The maximum atomic E-state index is 12.7. The first-order chi connectivity index (χ1) is 11.6. The fourth-order valence-corrected chi connectivity index (χ4v) is 4.94. The number of hydrogen-bond acceptors (Lipinski definition) is 4. The summed E-state index contributed by atoms with van der Waals surface area (Å²) in [6, 6.07) is 8.08. The highest BCUT2D eigenvalue weighted by Gasteiger charge is 2.40. The highest BCUT2D eigenvalue weighted by Crippen LogP contribution is 2.33. The van der Waals surface area contributed by atoms with Gasteiger partial charge in [-0.05, 0) is 63.0 Å². The number of halogens is 1. The highest BCUT2D eigenvalue weighted by atomic mass is 35.5. The second-order valence-electron chi connectivity index (χ2n) is 6.64. The largest absolute Gasteiger partial charge is 0.347 e. The number of nitrogens with one attached hydrogen (secondary N) is 1. The minimum atomic E-state index is 0.0267. The average molecular weight is 362 g/mol. The van der Waals surface area contributed by atoms with E-state index >= 15 is 0 Å². The first-order valence-electron chi connectivity index (χ1n) is 8.38. The standard InChI is InChI=1S/C18H20ClN3OS/c1-11-17(12-5-8-22(11)9-6-12)21-18(23)16-3-2-15(24-16)14-10-13(19)4-7-20-14/h2-4,7,10-12,17H,5-6,8-9H2,1H3,(H,21,23)/t11-,17+/m1/s1. The van der Waals surface area contributed by atoms with Crippen molar-refractivity contribution in [1.29, 1.82) is 0 Å². The number of thiophene rings is 1. The number of rotatable bonds is 3. The van der Waals surface area contributed by atoms with Crippen molar-refractivity contribution in [3.8, 4) is 10.6 Å². The summed E-state index contributed by atoms with van der Waals surface area (Å²) in [5.74, 6) is 0.641. The minimum Gasteiger partial charge on any atom is -0.347 e. The van der Waals surface area contributed by atoms with E-state index in [2.05, 4.69) is 22.1 Å². The van der Waals surface area contributed by atoms with Crippen LogP contribution in [0.2, 0.25) is 5.02 Å². The molecular formula is C18H20ClN3OS. The van der Waals surface area contributed by atoms with Crippen LogP contribution in [0.15, 0.2) is 30.5 Å². The third kappa shape index (κ3) is 2.96. The molecule has 6 heteroatoms. The predicted octanol–water partition coefficient (Wildman–Crippen LogP) is 3.68. The van der Waals surface area contributed by atoms with Gasteiger partial charge in [-0.1, -0.05) is 11.6 Å². The van der Waals surface area contributed by atoms with Crippen LogP contribution in [-0.4, -0.2) is 41.0 Å². The van der Waals surface area contributed by atoms with Crippen molar-refractivity contribution in [2.24, 2.45) is 5.92 Å². The van der Waals surface area contributed by atoms with Gasteiger partial charge in [-0.25, -0.2) is 0 Å². The molecule has 5 heterocycles. The number of fused-ring (bicyclic) bond motifs is 3. The second kappa shape index (κ2) is 6.47. The fourth-order valence-electron chi connectivity index (χ4n) is 3.90. The van der Waals surface area contributed by atoms with Gasteiger partial charge in [0.25, 0.3) is 5.91 Å². The maximum Gasteiger partial charge on any atom is 0.261 e. The topological polar surface area (TPSA) is 45.2 Å². The lowest BCUT2D eigenvalue weighted by atomic mass is 9.79. The molecule has 0 aliphatic carbocycles. The summed E-state index contributed by atoms with van der Waals surface area (Å²) in [4.78, 5) is 21.2. The van der Waals surface area contributed by atoms with E-state index in [0.717, 1.165) is 15.4 Å². The lowest BCUT2D eigenvalue weighted by Crippen LogP contribution is -2.62. The molecule has 0 saturated carbocycles. The molecule has 1 amide bonds. The third-order valence-corrected chi connectivity index (χ3v) is 6.62. The predicted molar refractivity (Wildman–Crippen MR) is 97.6 cm³/mol. The first kappa shape index (κ1) is 16.1. The van der Waals surface area contributed by atoms with Crippen LogP contribution in [0.1, 0.15) is 29.4 Å². The molecule has 0 spiro atoms. The molecule has 4 nitrogen and oxygen atoms in total. The summed E-state index contributed by atoms with van der Waals surface area (Å²) in [5.41, 5.74) is 0.808.